The fourth-order valence-electron chi connectivity index (χ4n) is 2.51. The molecule has 0 aliphatic rings. The van der Waals surface area contributed by atoms with Gasteiger partial charge in [-0.2, -0.15) is 11.8 Å². The zero-order valence-corrected chi connectivity index (χ0v) is 17.9. The van der Waals surface area contributed by atoms with E-state index in [1.165, 1.54) is 30.0 Å². The van der Waals surface area contributed by atoms with Gasteiger partial charge in [-0.05, 0) is 36.6 Å². The number of rotatable bonds is 9. The average molecular weight is 455 g/mol. The summed E-state index contributed by atoms with van der Waals surface area (Å²) in [5.74, 6) is -1.53. The maximum atomic E-state index is 12.7. The van der Waals surface area contributed by atoms with Crippen LogP contribution in [0, 0.1) is 0 Å². The van der Waals surface area contributed by atoms with Crippen LogP contribution in [0.25, 0.3) is 0 Å². The molecule has 0 saturated carbocycles. The minimum atomic E-state index is -1.25. The van der Waals surface area contributed by atoms with Crippen LogP contribution in [0.5, 0.6) is 0 Å². The van der Waals surface area contributed by atoms with Gasteiger partial charge in [0, 0.05) is 10.6 Å². The Morgan fingerprint density at radius 3 is 2.41 bits per heavy atom. The van der Waals surface area contributed by atoms with Crippen LogP contribution in [-0.4, -0.2) is 35.8 Å². The highest BCUT2D eigenvalue weighted by Gasteiger charge is 2.29. The normalized spacial score (nSPS) is 12.7. The molecule has 0 aromatic heterocycles. The van der Waals surface area contributed by atoms with E-state index in [2.05, 4.69) is 5.32 Å². The van der Waals surface area contributed by atoms with Crippen molar-refractivity contribution >= 4 is 52.7 Å². The summed E-state index contributed by atoms with van der Waals surface area (Å²) in [4.78, 5) is 37.2. The second kappa shape index (κ2) is 11.1. The van der Waals surface area contributed by atoms with E-state index in [1.54, 1.807) is 30.3 Å². The van der Waals surface area contributed by atoms with Crippen LogP contribution in [0.1, 0.15) is 28.4 Å². The van der Waals surface area contributed by atoms with Gasteiger partial charge in [-0.3, -0.25) is 9.59 Å². The first kappa shape index (κ1) is 23.1. The number of amides is 2. The minimum Gasteiger partial charge on any atom is -0.446 e. The van der Waals surface area contributed by atoms with Gasteiger partial charge < -0.3 is 15.8 Å². The van der Waals surface area contributed by atoms with Crippen LogP contribution >= 0.6 is 35.0 Å². The number of benzene rings is 2. The summed E-state index contributed by atoms with van der Waals surface area (Å²) >= 11 is 13.4. The maximum absolute atomic E-state index is 12.7. The molecular weight excluding hydrogens is 435 g/mol. The van der Waals surface area contributed by atoms with Crippen LogP contribution < -0.4 is 11.1 Å². The van der Waals surface area contributed by atoms with Gasteiger partial charge in [0.15, 0.2) is 0 Å². The van der Waals surface area contributed by atoms with Gasteiger partial charge in [0.2, 0.25) is 6.10 Å². The summed E-state index contributed by atoms with van der Waals surface area (Å²) < 4.78 is 5.35. The lowest BCUT2D eigenvalue weighted by Crippen LogP contribution is -2.43. The van der Waals surface area contributed by atoms with Crippen molar-refractivity contribution in [3.8, 4) is 0 Å². The third kappa shape index (κ3) is 6.66. The SMILES string of the molecule is CSCCC(NC(=O)c1ccc(Cl)cc1Cl)C(=O)OC(C(N)=O)c1ccccc1. The van der Waals surface area contributed by atoms with Crippen LogP contribution in [0.15, 0.2) is 48.5 Å². The molecule has 9 heteroatoms. The number of hydrogen-bond donors (Lipinski definition) is 2. The fraction of sp³-hybridized carbons (Fsp3) is 0.250. The lowest BCUT2D eigenvalue weighted by atomic mass is 10.1. The first-order chi connectivity index (χ1) is 13.8. The van der Waals surface area contributed by atoms with Gasteiger partial charge in [0.25, 0.3) is 11.8 Å². The van der Waals surface area contributed by atoms with Gasteiger partial charge >= 0.3 is 5.97 Å². The Bertz CT molecular complexity index is 880. The van der Waals surface area contributed by atoms with E-state index in [9.17, 15) is 14.4 Å². The van der Waals surface area contributed by atoms with Crippen molar-refractivity contribution in [2.75, 3.05) is 12.0 Å². The highest BCUT2D eigenvalue weighted by Crippen LogP contribution is 2.22. The highest BCUT2D eigenvalue weighted by molar-refractivity contribution is 7.98. The molecule has 2 aromatic rings. The largest absolute Gasteiger partial charge is 0.446 e. The molecule has 6 nitrogen and oxygen atoms in total. The molecule has 0 radical (unpaired) electrons. The molecule has 0 aliphatic carbocycles. The summed E-state index contributed by atoms with van der Waals surface area (Å²) in [6.45, 7) is 0. The van der Waals surface area contributed by atoms with E-state index in [0.29, 0.717) is 22.8 Å². The molecule has 154 valence electrons. The van der Waals surface area contributed by atoms with Gasteiger partial charge in [-0.15, -0.1) is 0 Å². The number of carbonyl (C=O) groups excluding carboxylic acids is 3. The molecule has 2 aromatic carbocycles. The zero-order chi connectivity index (χ0) is 21.4. The molecule has 2 amide bonds. The fourth-order valence-corrected chi connectivity index (χ4v) is 3.48. The monoisotopic (exact) mass is 454 g/mol. The van der Waals surface area contributed by atoms with Crippen LogP contribution in [0.3, 0.4) is 0 Å². The lowest BCUT2D eigenvalue weighted by molar-refractivity contribution is -0.157. The van der Waals surface area contributed by atoms with Crippen molar-refractivity contribution in [3.63, 3.8) is 0 Å². The predicted molar refractivity (Wildman–Crippen MR) is 115 cm³/mol. The summed E-state index contributed by atoms with van der Waals surface area (Å²) in [5, 5.41) is 3.16. The number of esters is 1. The molecule has 0 fully saturated rings. The van der Waals surface area contributed by atoms with E-state index in [1.807, 2.05) is 6.26 Å². The van der Waals surface area contributed by atoms with Crippen molar-refractivity contribution in [1.29, 1.82) is 0 Å². The molecule has 0 heterocycles. The Morgan fingerprint density at radius 2 is 1.83 bits per heavy atom. The van der Waals surface area contributed by atoms with E-state index in [0.717, 1.165) is 0 Å². The lowest BCUT2D eigenvalue weighted by Gasteiger charge is -2.21. The molecule has 3 N–H and O–H groups in total. The Morgan fingerprint density at radius 1 is 1.14 bits per heavy atom. The maximum Gasteiger partial charge on any atom is 0.329 e. The molecule has 2 unspecified atom stereocenters. The highest BCUT2D eigenvalue weighted by atomic mass is 35.5. The van der Waals surface area contributed by atoms with E-state index in [-0.39, 0.29) is 10.6 Å². The van der Waals surface area contributed by atoms with Crippen molar-refractivity contribution in [2.24, 2.45) is 5.73 Å². The number of nitrogens with one attached hydrogen (secondary N) is 1. The number of hydrogen-bond acceptors (Lipinski definition) is 5. The zero-order valence-electron chi connectivity index (χ0n) is 15.6. The standard InChI is InChI=1S/C20H20Cl2N2O4S/c1-29-10-9-16(24-19(26)14-8-7-13(21)11-15(14)22)20(27)28-17(18(23)25)12-5-3-2-4-6-12/h2-8,11,16-17H,9-10H2,1H3,(H2,23,25)(H,24,26). The molecule has 2 atom stereocenters. The van der Waals surface area contributed by atoms with E-state index in [4.69, 9.17) is 33.7 Å². The van der Waals surface area contributed by atoms with Crippen LogP contribution in [0.4, 0.5) is 0 Å². The summed E-state index contributed by atoms with van der Waals surface area (Å²) in [6, 6.07) is 11.9. The van der Waals surface area contributed by atoms with Crippen molar-refractivity contribution in [2.45, 2.75) is 18.6 Å². The average Bonchev–Trinajstić information content (AvgIpc) is 2.69. The topological polar surface area (TPSA) is 98.5 Å². The van der Waals surface area contributed by atoms with Crippen LogP contribution in [0.2, 0.25) is 10.0 Å². The summed E-state index contributed by atoms with van der Waals surface area (Å²) in [6.07, 6.45) is 0.921. The number of halogens is 2. The van der Waals surface area contributed by atoms with E-state index >= 15 is 0 Å². The molecule has 0 spiro atoms. The first-order valence-electron chi connectivity index (χ1n) is 8.63. The van der Waals surface area contributed by atoms with Gasteiger partial charge in [-0.25, -0.2) is 4.79 Å². The molecule has 0 aliphatic heterocycles. The number of primary amides is 1. The second-order valence-corrected chi connectivity index (χ2v) is 7.89. The second-order valence-electron chi connectivity index (χ2n) is 6.06. The predicted octanol–water partition coefficient (Wildman–Crippen LogP) is 3.61. The van der Waals surface area contributed by atoms with E-state index < -0.39 is 29.9 Å². The van der Waals surface area contributed by atoms with Gasteiger partial charge in [0.1, 0.15) is 6.04 Å². The first-order valence-corrected chi connectivity index (χ1v) is 10.8. The number of ether oxygens (including phenoxy) is 1. The molecule has 29 heavy (non-hydrogen) atoms. The number of carbonyl (C=O) groups is 3. The number of thioether (sulfide) groups is 1. The Kier molecular flexibility index (Phi) is 8.82. The third-order valence-corrected chi connectivity index (χ3v) is 5.16. The van der Waals surface area contributed by atoms with Crippen molar-refractivity contribution < 1.29 is 19.1 Å². The molecule has 0 saturated heterocycles. The summed E-state index contributed by atoms with van der Waals surface area (Å²) in [7, 11) is 0. The Labute approximate surface area is 183 Å². The Balaban J connectivity index is 2.18. The molecule has 2 rings (SSSR count). The Hall–Kier alpha value is -2.22. The van der Waals surface area contributed by atoms with Gasteiger partial charge in [-0.1, -0.05) is 53.5 Å². The van der Waals surface area contributed by atoms with Crippen molar-refractivity contribution in [1.82, 2.24) is 5.32 Å². The smallest absolute Gasteiger partial charge is 0.329 e. The van der Waals surface area contributed by atoms with Gasteiger partial charge in [0.05, 0.1) is 10.6 Å². The molecule has 0 bridgehead atoms. The quantitative estimate of drug-likeness (QED) is 0.563. The number of nitrogens with two attached hydrogens (primary N) is 1. The summed E-state index contributed by atoms with van der Waals surface area (Å²) in [5.41, 5.74) is 6.03. The minimum absolute atomic E-state index is 0.159. The van der Waals surface area contributed by atoms with Crippen molar-refractivity contribution in [3.05, 3.63) is 69.7 Å². The van der Waals surface area contributed by atoms with Crippen LogP contribution in [-0.2, 0) is 14.3 Å². The third-order valence-electron chi connectivity index (χ3n) is 3.97. The molecular formula is C20H20Cl2N2O4S.